The van der Waals surface area contributed by atoms with Crippen LogP contribution in [0.25, 0.3) is 0 Å². The van der Waals surface area contributed by atoms with Crippen LogP contribution in [0.5, 0.6) is 0 Å². The van der Waals surface area contributed by atoms with Crippen LogP contribution >= 0.6 is 15.9 Å². The number of carboxylic acid groups (broad SMARTS) is 1. The molecular formula is C13H18BrN3O3. The molecule has 1 fully saturated rings. The minimum atomic E-state index is -0.872. The fourth-order valence-corrected chi connectivity index (χ4v) is 2.50. The minimum Gasteiger partial charge on any atom is -0.481 e. The smallest absolute Gasteiger partial charge is 0.309 e. The number of nitrogens with zero attached hydrogens (tertiary/aromatic N) is 1. The van der Waals surface area contributed by atoms with Crippen molar-refractivity contribution in [2.24, 2.45) is 5.41 Å². The number of nitrogens with one attached hydrogen (secondary N) is 2. The highest BCUT2D eigenvalue weighted by Gasteiger charge is 2.31. The Bertz CT molecular complexity index is 535. The lowest BCUT2D eigenvalue weighted by molar-refractivity contribution is -0.147. The van der Waals surface area contributed by atoms with Crippen LogP contribution in [0.2, 0.25) is 0 Å². The number of rotatable bonds is 6. The van der Waals surface area contributed by atoms with Gasteiger partial charge in [0.15, 0.2) is 5.69 Å². The van der Waals surface area contributed by atoms with Gasteiger partial charge < -0.3 is 10.4 Å². The van der Waals surface area contributed by atoms with E-state index in [1.165, 1.54) is 0 Å². The Morgan fingerprint density at radius 3 is 2.70 bits per heavy atom. The van der Waals surface area contributed by atoms with Gasteiger partial charge in [-0.2, -0.15) is 5.10 Å². The molecular weight excluding hydrogens is 326 g/mol. The van der Waals surface area contributed by atoms with E-state index in [2.05, 4.69) is 31.4 Å². The van der Waals surface area contributed by atoms with Crippen molar-refractivity contribution in [2.75, 3.05) is 6.54 Å². The predicted octanol–water partition coefficient (Wildman–Crippen LogP) is 2.28. The van der Waals surface area contributed by atoms with Crippen molar-refractivity contribution < 1.29 is 14.7 Å². The van der Waals surface area contributed by atoms with Crippen LogP contribution in [-0.4, -0.2) is 33.7 Å². The first-order chi connectivity index (χ1) is 9.33. The molecule has 3 N–H and O–H groups in total. The first-order valence-corrected chi connectivity index (χ1v) is 7.37. The lowest BCUT2D eigenvalue weighted by Crippen LogP contribution is -2.32. The lowest BCUT2D eigenvalue weighted by Gasteiger charge is -2.18. The second-order valence-corrected chi connectivity index (χ2v) is 6.56. The zero-order chi connectivity index (χ0) is 14.9. The summed E-state index contributed by atoms with van der Waals surface area (Å²) in [7, 11) is 0. The molecule has 1 saturated carbocycles. The van der Waals surface area contributed by atoms with Crippen LogP contribution in [0.1, 0.15) is 55.2 Å². The first-order valence-electron chi connectivity index (χ1n) is 6.58. The third kappa shape index (κ3) is 3.20. The molecule has 1 aromatic heterocycles. The summed E-state index contributed by atoms with van der Waals surface area (Å²) in [5, 5.41) is 18.6. The van der Waals surface area contributed by atoms with Gasteiger partial charge in [-0.15, -0.1) is 0 Å². The number of H-pyrrole nitrogens is 1. The average Bonchev–Trinajstić information content (AvgIpc) is 3.12. The molecule has 6 nitrogen and oxygen atoms in total. The van der Waals surface area contributed by atoms with Crippen molar-refractivity contribution in [3.05, 3.63) is 15.9 Å². The largest absolute Gasteiger partial charge is 0.481 e. The van der Waals surface area contributed by atoms with E-state index in [0.29, 0.717) is 24.6 Å². The van der Waals surface area contributed by atoms with Gasteiger partial charge in [-0.1, -0.05) is 0 Å². The molecule has 0 unspecified atom stereocenters. The molecule has 7 heteroatoms. The number of hydrogen-bond acceptors (Lipinski definition) is 3. The van der Waals surface area contributed by atoms with E-state index in [9.17, 15) is 9.59 Å². The van der Waals surface area contributed by atoms with E-state index < -0.39 is 11.4 Å². The van der Waals surface area contributed by atoms with Gasteiger partial charge in [-0.25, -0.2) is 0 Å². The Hall–Kier alpha value is -1.37. The van der Waals surface area contributed by atoms with E-state index in [-0.39, 0.29) is 5.91 Å². The number of aromatic nitrogens is 2. The van der Waals surface area contributed by atoms with E-state index in [4.69, 9.17) is 5.11 Å². The van der Waals surface area contributed by atoms with E-state index in [1.807, 2.05) is 0 Å². The van der Waals surface area contributed by atoms with Gasteiger partial charge in [0.25, 0.3) is 5.91 Å². The third-order valence-electron chi connectivity index (χ3n) is 3.55. The number of carboxylic acids is 1. The maximum absolute atomic E-state index is 12.0. The zero-order valence-electron chi connectivity index (χ0n) is 11.5. The Morgan fingerprint density at radius 1 is 1.50 bits per heavy atom. The molecule has 1 aliphatic rings. The van der Waals surface area contributed by atoms with Gasteiger partial charge >= 0.3 is 5.97 Å². The van der Waals surface area contributed by atoms with Crippen molar-refractivity contribution >= 4 is 27.8 Å². The number of aliphatic carboxylic acids is 1. The maximum Gasteiger partial charge on any atom is 0.309 e. The second kappa shape index (κ2) is 5.55. The average molecular weight is 344 g/mol. The number of halogens is 1. The predicted molar refractivity (Wildman–Crippen MR) is 76.6 cm³/mol. The van der Waals surface area contributed by atoms with Gasteiger partial charge in [0.1, 0.15) is 0 Å². The molecule has 0 saturated heterocycles. The number of hydrogen-bond donors (Lipinski definition) is 3. The molecule has 1 heterocycles. The summed E-state index contributed by atoms with van der Waals surface area (Å²) >= 11 is 3.40. The molecule has 20 heavy (non-hydrogen) atoms. The molecule has 0 bridgehead atoms. The molecule has 2 rings (SSSR count). The normalized spacial score (nSPS) is 15.2. The summed E-state index contributed by atoms with van der Waals surface area (Å²) in [4.78, 5) is 23.0. The Balaban J connectivity index is 1.91. The molecule has 0 spiro atoms. The highest BCUT2D eigenvalue weighted by atomic mass is 79.9. The van der Waals surface area contributed by atoms with Gasteiger partial charge in [0, 0.05) is 12.5 Å². The van der Waals surface area contributed by atoms with Crippen LogP contribution in [-0.2, 0) is 4.79 Å². The molecule has 0 aromatic carbocycles. The zero-order valence-corrected chi connectivity index (χ0v) is 13.1. The summed E-state index contributed by atoms with van der Waals surface area (Å²) in [6, 6.07) is 0. The topological polar surface area (TPSA) is 95.1 Å². The van der Waals surface area contributed by atoms with Crippen molar-refractivity contribution in [2.45, 2.75) is 39.0 Å². The standard InChI is InChI=1S/C13H18BrN3O3/c1-13(2,12(19)20)5-6-15-11(18)10-8(14)9(16-17-10)7-3-4-7/h7H,3-6H2,1-2H3,(H,15,18)(H,16,17)(H,19,20). The fourth-order valence-electron chi connectivity index (χ4n) is 1.81. The number of aromatic amines is 1. The van der Waals surface area contributed by atoms with E-state index in [1.54, 1.807) is 13.8 Å². The fraction of sp³-hybridized carbons (Fsp3) is 0.615. The summed E-state index contributed by atoms with van der Waals surface area (Å²) in [6.07, 6.45) is 2.61. The van der Waals surface area contributed by atoms with Gasteiger partial charge in [0.05, 0.1) is 15.6 Å². The van der Waals surface area contributed by atoms with Crippen molar-refractivity contribution in [1.29, 1.82) is 0 Å². The van der Waals surface area contributed by atoms with E-state index in [0.717, 1.165) is 23.0 Å². The first kappa shape index (κ1) is 15.0. The second-order valence-electron chi connectivity index (χ2n) is 5.77. The molecule has 1 amide bonds. The summed E-state index contributed by atoms with van der Waals surface area (Å²) in [5.74, 6) is -0.686. The quantitative estimate of drug-likeness (QED) is 0.738. The molecule has 0 aliphatic heterocycles. The minimum absolute atomic E-state index is 0.291. The molecule has 1 aromatic rings. The van der Waals surface area contributed by atoms with Crippen LogP contribution in [0.4, 0.5) is 0 Å². The SMILES string of the molecule is CC(C)(CCNC(=O)c1n[nH]c(C2CC2)c1Br)C(=O)O. The van der Waals surface area contributed by atoms with Crippen LogP contribution in [0, 0.1) is 5.41 Å². The van der Waals surface area contributed by atoms with Crippen molar-refractivity contribution in [3.8, 4) is 0 Å². The Labute approximate surface area is 125 Å². The van der Waals surface area contributed by atoms with Crippen molar-refractivity contribution in [3.63, 3.8) is 0 Å². The maximum atomic E-state index is 12.0. The van der Waals surface area contributed by atoms with E-state index >= 15 is 0 Å². The van der Waals surface area contributed by atoms with Gasteiger partial charge in [-0.3, -0.25) is 14.7 Å². The van der Waals surface area contributed by atoms with Crippen LogP contribution in [0.3, 0.4) is 0 Å². The van der Waals surface area contributed by atoms with Crippen LogP contribution < -0.4 is 5.32 Å². The van der Waals surface area contributed by atoms with Crippen molar-refractivity contribution in [1.82, 2.24) is 15.5 Å². The monoisotopic (exact) mass is 343 g/mol. The lowest BCUT2D eigenvalue weighted by atomic mass is 9.90. The number of carbonyl (C=O) groups excluding carboxylic acids is 1. The van der Waals surface area contributed by atoms with Gasteiger partial charge in [-0.05, 0) is 49.0 Å². The van der Waals surface area contributed by atoms with Gasteiger partial charge in [0.2, 0.25) is 0 Å². The molecule has 110 valence electrons. The number of amides is 1. The molecule has 0 atom stereocenters. The highest BCUT2D eigenvalue weighted by molar-refractivity contribution is 9.10. The van der Waals surface area contributed by atoms with Crippen LogP contribution in [0.15, 0.2) is 4.47 Å². The summed E-state index contributed by atoms with van der Waals surface area (Å²) in [5.41, 5.74) is 0.455. The molecule has 0 radical (unpaired) electrons. The highest BCUT2D eigenvalue weighted by Crippen LogP contribution is 2.42. The Morgan fingerprint density at radius 2 is 2.15 bits per heavy atom. The number of carbonyl (C=O) groups is 2. The molecule has 1 aliphatic carbocycles. The summed E-state index contributed by atoms with van der Waals surface area (Å²) < 4.78 is 0.718. The third-order valence-corrected chi connectivity index (χ3v) is 4.35. The summed E-state index contributed by atoms with van der Waals surface area (Å²) in [6.45, 7) is 3.57. The Kier molecular flexibility index (Phi) is 4.17.